The summed E-state index contributed by atoms with van der Waals surface area (Å²) in [5.74, 6) is -1.74. The van der Waals surface area contributed by atoms with Gasteiger partial charge in [-0.25, -0.2) is 0 Å². The van der Waals surface area contributed by atoms with E-state index in [9.17, 15) is 9.59 Å². The average Bonchev–Trinajstić information content (AvgIpc) is 1.79. The molecule has 64 valence electrons. The summed E-state index contributed by atoms with van der Waals surface area (Å²) >= 11 is 0. The van der Waals surface area contributed by atoms with Gasteiger partial charge in [0, 0.05) is 12.8 Å². The maximum atomic E-state index is 9.90. The zero-order valence-electron chi connectivity index (χ0n) is 6.25. The molecule has 2 N–H and O–H groups in total. The Labute approximate surface area is 84.8 Å². The van der Waals surface area contributed by atoms with E-state index >= 15 is 0 Å². The van der Waals surface area contributed by atoms with E-state index in [1.807, 2.05) is 0 Å². The van der Waals surface area contributed by atoms with E-state index in [4.69, 9.17) is 10.2 Å². The van der Waals surface area contributed by atoms with Gasteiger partial charge in [-0.1, -0.05) is 0 Å². The number of unbranched alkanes of at least 4 members (excludes halogenated alkanes) is 1. The summed E-state index contributed by atoms with van der Waals surface area (Å²) in [6.45, 7) is 0. The second-order valence-corrected chi connectivity index (χ2v) is 1.99. The van der Waals surface area contributed by atoms with Crippen LogP contribution in [-0.4, -0.2) is 49.5 Å². The van der Waals surface area contributed by atoms with E-state index in [0.717, 1.165) is 0 Å². The van der Waals surface area contributed by atoms with Gasteiger partial charge in [-0.2, -0.15) is 0 Å². The van der Waals surface area contributed by atoms with Crippen LogP contribution in [0.25, 0.3) is 0 Å². The number of hydrogen-bond donors (Lipinski definition) is 2. The zero-order valence-corrected chi connectivity index (χ0v) is 11.7. The van der Waals surface area contributed by atoms with Crippen LogP contribution in [0.15, 0.2) is 0 Å². The van der Waals surface area contributed by atoms with Gasteiger partial charge in [0.15, 0.2) is 0 Å². The van der Waals surface area contributed by atoms with Crippen molar-refractivity contribution in [3.63, 3.8) is 0 Å². The van der Waals surface area contributed by atoms with E-state index in [2.05, 4.69) is 0 Å². The molecule has 0 saturated heterocycles. The van der Waals surface area contributed by atoms with Crippen LogP contribution >= 0.6 is 0 Å². The predicted octanol–water partition coefficient (Wildman–Crippen LogP) is -0.200. The van der Waals surface area contributed by atoms with Crippen molar-refractivity contribution in [2.75, 3.05) is 0 Å². The number of aliphatic carboxylic acids is 2. The van der Waals surface area contributed by atoms with E-state index in [1.165, 1.54) is 0 Å². The summed E-state index contributed by atoms with van der Waals surface area (Å²) in [5, 5.41) is 16.3. The molecule has 0 aliphatic heterocycles. The van der Waals surface area contributed by atoms with Gasteiger partial charge in [-0.15, -0.1) is 0 Å². The minimum absolute atomic E-state index is 0. The standard InChI is InChI=1S/C6H10O4.Pb.2H/c7-5(8)3-1-2-4-6(9)10;;;/h1-4H2,(H,7,8)(H,9,10);;;. The first-order chi connectivity index (χ1) is 4.63. The van der Waals surface area contributed by atoms with E-state index in [-0.39, 0.29) is 40.1 Å². The van der Waals surface area contributed by atoms with Gasteiger partial charge in [0.1, 0.15) is 0 Å². The van der Waals surface area contributed by atoms with Crippen LogP contribution in [0.4, 0.5) is 0 Å². The second-order valence-electron chi connectivity index (χ2n) is 1.99. The van der Waals surface area contributed by atoms with Gasteiger partial charge in [0.25, 0.3) is 0 Å². The molecule has 0 rings (SSSR count). The molecule has 0 saturated carbocycles. The van der Waals surface area contributed by atoms with Crippen molar-refractivity contribution < 1.29 is 19.8 Å². The quantitative estimate of drug-likeness (QED) is 0.529. The molecule has 0 aromatic rings. The van der Waals surface area contributed by atoms with Crippen LogP contribution in [0.1, 0.15) is 25.7 Å². The summed E-state index contributed by atoms with van der Waals surface area (Å²) in [6, 6.07) is 0. The molecule has 0 bridgehead atoms. The van der Waals surface area contributed by atoms with Gasteiger partial charge in [0.2, 0.25) is 0 Å². The molecular formula is C6H12O4Pb. The van der Waals surface area contributed by atoms with Crippen molar-refractivity contribution in [3.05, 3.63) is 0 Å². The average molecular weight is 355 g/mol. The molecule has 0 aliphatic carbocycles. The molecule has 0 heterocycles. The van der Waals surface area contributed by atoms with Crippen LogP contribution in [0.5, 0.6) is 0 Å². The number of carboxylic acid groups (broad SMARTS) is 2. The first-order valence-corrected chi connectivity index (χ1v) is 3.06. The van der Waals surface area contributed by atoms with Crippen molar-refractivity contribution in [2.45, 2.75) is 25.7 Å². The van der Waals surface area contributed by atoms with Crippen LogP contribution in [-0.2, 0) is 9.59 Å². The van der Waals surface area contributed by atoms with Crippen molar-refractivity contribution in [2.24, 2.45) is 0 Å². The zero-order chi connectivity index (χ0) is 7.98. The molecule has 2 radical (unpaired) electrons. The molecule has 0 aromatic heterocycles. The minimum atomic E-state index is -0.870. The van der Waals surface area contributed by atoms with Crippen LogP contribution in [0, 0.1) is 0 Å². The Morgan fingerprint density at radius 1 is 0.909 bits per heavy atom. The third kappa shape index (κ3) is 12.9. The van der Waals surface area contributed by atoms with Crippen LogP contribution in [0.3, 0.4) is 0 Å². The molecular weight excluding hydrogens is 343 g/mol. The normalized spacial score (nSPS) is 8.36. The summed E-state index contributed by atoms with van der Waals surface area (Å²) in [6.07, 6.45) is 1.02. The fourth-order valence-corrected chi connectivity index (χ4v) is 0.552. The molecule has 5 heteroatoms. The molecule has 0 atom stereocenters. The Kier molecular flexibility index (Phi) is 9.74. The SMILES string of the molecule is O=C(O)CCCCC(=O)O.[PbH2]. The first-order valence-electron chi connectivity index (χ1n) is 3.06. The molecule has 0 fully saturated rings. The molecule has 11 heavy (non-hydrogen) atoms. The Balaban J connectivity index is 0. The van der Waals surface area contributed by atoms with Gasteiger partial charge < -0.3 is 10.2 Å². The van der Waals surface area contributed by atoms with E-state index in [1.54, 1.807) is 0 Å². The number of rotatable bonds is 5. The topological polar surface area (TPSA) is 74.6 Å². The molecule has 0 spiro atoms. The van der Waals surface area contributed by atoms with Gasteiger partial charge in [-0.05, 0) is 12.8 Å². The Morgan fingerprint density at radius 3 is 1.36 bits per heavy atom. The van der Waals surface area contributed by atoms with E-state index in [0.29, 0.717) is 12.8 Å². The third-order valence-electron chi connectivity index (χ3n) is 1.03. The van der Waals surface area contributed by atoms with Crippen LogP contribution < -0.4 is 0 Å². The molecule has 4 nitrogen and oxygen atoms in total. The Hall–Kier alpha value is -0.138. The Morgan fingerprint density at radius 2 is 1.18 bits per heavy atom. The second kappa shape index (κ2) is 7.96. The van der Waals surface area contributed by atoms with Gasteiger partial charge in [-0.3, -0.25) is 9.59 Å². The third-order valence-corrected chi connectivity index (χ3v) is 1.03. The summed E-state index contributed by atoms with van der Waals surface area (Å²) in [7, 11) is 0. The Bertz CT molecular complexity index is 119. The van der Waals surface area contributed by atoms with E-state index < -0.39 is 11.9 Å². The monoisotopic (exact) mass is 356 g/mol. The van der Waals surface area contributed by atoms with Crippen molar-refractivity contribution in [3.8, 4) is 0 Å². The summed E-state index contributed by atoms with van der Waals surface area (Å²) in [4.78, 5) is 19.8. The first kappa shape index (κ1) is 13.5. The maximum absolute atomic E-state index is 9.90. The van der Waals surface area contributed by atoms with Crippen LogP contribution in [0.2, 0.25) is 0 Å². The molecule has 0 aromatic carbocycles. The molecule has 0 aliphatic rings. The van der Waals surface area contributed by atoms with Crippen molar-refractivity contribution in [1.82, 2.24) is 0 Å². The molecule has 0 unspecified atom stereocenters. The fraction of sp³-hybridized carbons (Fsp3) is 0.667. The van der Waals surface area contributed by atoms with Crippen molar-refractivity contribution in [1.29, 1.82) is 0 Å². The number of carbonyl (C=O) groups is 2. The predicted molar refractivity (Wildman–Crippen MR) is 42.3 cm³/mol. The summed E-state index contributed by atoms with van der Waals surface area (Å²) in [5.41, 5.74) is 0. The number of hydrogen-bond acceptors (Lipinski definition) is 2. The summed E-state index contributed by atoms with van der Waals surface area (Å²) < 4.78 is 0. The number of carboxylic acids is 2. The van der Waals surface area contributed by atoms with Gasteiger partial charge >= 0.3 is 39.2 Å². The van der Waals surface area contributed by atoms with Gasteiger partial charge in [0.05, 0.1) is 0 Å². The van der Waals surface area contributed by atoms with Crippen molar-refractivity contribution >= 4 is 39.2 Å². The fourth-order valence-electron chi connectivity index (χ4n) is 0.552. The molecule has 0 amide bonds.